The van der Waals surface area contributed by atoms with Gasteiger partial charge in [-0.3, -0.25) is 13.9 Å². The van der Waals surface area contributed by atoms with Crippen molar-refractivity contribution in [2.45, 2.75) is 44.6 Å². The number of carbonyl (C=O) groups is 2. The number of nitrogens with one attached hydrogen (secondary N) is 1. The molecule has 1 atom stereocenters. The minimum absolute atomic E-state index is 0.0363. The van der Waals surface area contributed by atoms with Gasteiger partial charge < -0.3 is 15.0 Å². The number of nitrogens with zero attached hydrogens (tertiary/aromatic N) is 2. The second-order valence-electron chi connectivity index (χ2n) is 8.89. The van der Waals surface area contributed by atoms with E-state index < -0.39 is 28.5 Å². The SMILES string of the molecule is CCNC(=O)[C@H](CC)N(CCc1ccccc1)C(=O)CN(c1ccccc1)S(=O)(=O)c1ccc(OCC)cc1. The average Bonchev–Trinajstić information content (AvgIpc) is 2.95. The third kappa shape index (κ3) is 7.83. The van der Waals surface area contributed by atoms with Crippen molar-refractivity contribution in [3.8, 4) is 5.75 Å². The van der Waals surface area contributed by atoms with E-state index in [1.54, 1.807) is 42.5 Å². The summed E-state index contributed by atoms with van der Waals surface area (Å²) in [5.41, 5.74) is 1.37. The van der Waals surface area contributed by atoms with Gasteiger partial charge in [-0.15, -0.1) is 0 Å². The van der Waals surface area contributed by atoms with E-state index in [1.807, 2.05) is 51.1 Å². The fraction of sp³-hybridized carbons (Fsp3) is 0.333. The van der Waals surface area contributed by atoms with Gasteiger partial charge in [-0.1, -0.05) is 55.5 Å². The van der Waals surface area contributed by atoms with Gasteiger partial charge in [0.15, 0.2) is 0 Å². The summed E-state index contributed by atoms with van der Waals surface area (Å²) in [6.45, 7) is 6.21. The van der Waals surface area contributed by atoms with E-state index in [0.717, 1.165) is 9.87 Å². The van der Waals surface area contributed by atoms with Gasteiger partial charge in [0.2, 0.25) is 11.8 Å². The molecule has 0 aliphatic carbocycles. The lowest BCUT2D eigenvalue weighted by molar-refractivity contribution is -0.139. The van der Waals surface area contributed by atoms with Gasteiger partial charge >= 0.3 is 0 Å². The van der Waals surface area contributed by atoms with Crippen molar-refractivity contribution in [2.75, 3.05) is 30.5 Å². The number of hydrogen-bond acceptors (Lipinski definition) is 5. The normalized spacial score (nSPS) is 11.9. The van der Waals surface area contributed by atoms with Gasteiger partial charge in [0.1, 0.15) is 18.3 Å². The van der Waals surface area contributed by atoms with Crippen molar-refractivity contribution in [1.82, 2.24) is 10.2 Å². The van der Waals surface area contributed by atoms with Crippen LogP contribution in [0.3, 0.4) is 0 Å². The molecule has 3 rings (SSSR count). The zero-order valence-corrected chi connectivity index (χ0v) is 23.6. The molecule has 208 valence electrons. The maximum atomic E-state index is 13.9. The standard InChI is InChI=1S/C30H37N3O5S/c1-4-28(30(35)31-5-2)32(22-21-24-13-9-7-10-14-24)29(34)23-33(25-15-11-8-12-16-25)39(36,37)27-19-17-26(18-20-27)38-6-3/h7-20,28H,4-6,21-23H2,1-3H3,(H,31,35)/t28-/m0/s1. The van der Waals surface area contributed by atoms with E-state index in [9.17, 15) is 18.0 Å². The Balaban J connectivity index is 1.97. The van der Waals surface area contributed by atoms with Crippen molar-refractivity contribution >= 4 is 27.5 Å². The third-order valence-electron chi connectivity index (χ3n) is 6.27. The molecule has 0 saturated carbocycles. The van der Waals surface area contributed by atoms with E-state index in [-0.39, 0.29) is 17.3 Å². The topological polar surface area (TPSA) is 96.0 Å². The van der Waals surface area contributed by atoms with E-state index >= 15 is 0 Å². The Hall–Kier alpha value is -3.85. The molecule has 2 amide bonds. The lowest BCUT2D eigenvalue weighted by Gasteiger charge is -2.33. The Morgan fingerprint density at radius 2 is 1.49 bits per heavy atom. The molecule has 0 heterocycles. The third-order valence-corrected chi connectivity index (χ3v) is 8.05. The van der Waals surface area contributed by atoms with Crippen LogP contribution < -0.4 is 14.4 Å². The van der Waals surface area contributed by atoms with Crippen LogP contribution in [0.15, 0.2) is 89.8 Å². The minimum Gasteiger partial charge on any atom is -0.494 e. The molecule has 0 spiro atoms. The number of carbonyl (C=O) groups excluding carboxylic acids is 2. The molecule has 3 aromatic rings. The second kappa shape index (κ2) is 14.3. The number of hydrogen-bond donors (Lipinski definition) is 1. The number of para-hydroxylation sites is 1. The molecule has 0 aromatic heterocycles. The molecule has 0 radical (unpaired) electrons. The fourth-order valence-corrected chi connectivity index (χ4v) is 5.73. The van der Waals surface area contributed by atoms with Crippen molar-refractivity contribution in [3.05, 3.63) is 90.5 Å². The zero-order chi connectivity index (χ0) is 28.3. The monoisotopic (exact) mass is 551 g/mol. The number of amides is 2. The highest BCUT2D eigenvalue weighted by atomic mass is 32.2. The van der Waals surface area contributed by atoms with Gasteiger partial charge in [-0.05, 0) is 68.7 Å². The van der Waals surface area contributed by atoms with Gasteiger partial charge in [0, 0.05) is 13.1 Å². The van der Waals surface area contributed by atoms with Gasteiger partial charge in [0.05, 0.1) is 17.2 Å². The minimum atomic E-state index is -4.11. The molecule has 0 aliphatic heterocycles. The molecule has 3 aromatic carbocycles. The molecule has 0 saturated heterocycles. The molecule has 39 heavy (non-hydrogen) atoms. The summed E-state index contributed by atoms with van der Waals surface area (Å²) in [7, 11) is -4.11. The Bertz CT molecular complexity index is 1300. The predicted octanol–water partition coefficient (Wildman–Crippen LogP) is 4.27. The van der Waals surface area contributed by atoms with Crippen LogP contribution in [-0.4, -0.2) is 57.4 Å². The van der Waals surface area contributed by atoms with E-state index in [0.29, 0.717) is 37.4 Å². The van der Waals surface area contributed by atoms with Crippen molar-refractivity contribution in [1.29, 1.82) is 0 Å². The number of benzene rings is 3. The van der Waals surface area contributed by atoms with Crippen molar-refractivity contribution in [3.63, 3.8) is 0 Å². The number of ether oxygens (including phenoxy) is 1. The summed E-state index contributed by atoms with van der Waals surface area (Å²) < 4.78 is 34.3. The molecular formula is C30H37N3O5S. The smallest absolute Gasteiger partial charge is 0.264 e. The first kappa shape index (κ1) is 29.7. The van der Waals surface area contributed by atoms with E-state index in [1.165, 1.54) is 17.0 Å². The van der Waals surface area contributed by atoms with Crippen LogP contribution in [0.4, 0.5) is 5.69 Å². The highest BCUT2D eigenvalue weighted by molar-refractivity contribution is 7.92. The first-order valence-corrected chi connectivity index (χ1v) is 14.7. The van der Waals surface area contributed by atoms with Gasteiger partial charge in [-0.2, -0.15) is 0 Å². The summed E-state index contributed by atoms with van der Waals surface area (Å²) in [5.74, 6) is -0.164. The van der Waals surface area contributed by atoms with Crippen LogP contribution in [0.1, 0.15) is 32.8 Å². The zero-order valence-electron chi connectivity index (χ0n) is 22.7. The lowest BCUT2D eigenvalue weighted by atomic mass is 10.1. The quantitative estimate of drug-likeness (QED) is 0.323. The highest BCUT2D eigenvalue weighted by Gasteiger charge is 2.33. The summed E-state index contributed by atoms with van der Waals surface area (Å²) in [5, 5.41) is 2.81. The molecule has 9 heteroatoms. The number of likely N-dealkylation sites (N-methyl/N-ethyl adjacent to an activating group) is 1. The summed E-state index contributed by atoms with van der Waals surface area (Å²) in [4.78, 5) is 28.4. The first-order valence-electron chi connectivity index (χ1n) is 13.2. The van der Waals surface area contributed by atoms with Crippen LogP contribution in [0.2, 0.25) is 0 Å². The fourth-order valence-electron chi connectivity index (χ4n) is 4.31. The van der Waals surface area contributed by atoms with Crippen LogP contribution in [0.25, 0.3) is 0 Å². The number of rotatable bonds is 14. The summed E-state index contributed by atoms with van der Waals surface area (Å²) in [6.07, 6.45) is 0.919. The lowest BCUT2D eigenvalue weighted by Crippen LogP contribution is -2.53. The van der Waals surface area contributed by atoms with E-state index in [2.05, 4.69) is 5.32 Å². The number of anilines is 1. The Kier molecular flexibility index (Phi) is 10.9. The van der Waals surface area contributed by atoms with Crippen LogP contribution in [0, 0.1) is 0 Å². The predicted molar refractivity (Wildman–Crippen MR) is 153 cm³/mol. The molecule has 0 fully saturated rings. The highest BCUT2D eigenvalue weighted by Crippen LogP contribution is 2.26. The maximum absolute atomic E-state index is 13.9. The molecular weight excluding hydrogens is 514 g/mol. The van der Waals surface area contributed by atoms with Crippen molar-refractivity contribution in [2.24, 2.45) is 0 Å². The van der Waals surface area contributed by atoms with Crippen LogP contribution >= 0.6 is 0 Å². The Morgan fingerprint density at radius 1 is 0.872 bits per heavy atom. The maximum Gasteiger partial charge on any atom is 0.264 e. The average molecular weight is 552 g/mol. The molecule has 0 unspecified atom stereocenters. The van der Waals surface area contributed by atoms with Gasteiger partial charge in [-0.25, -0.2) is 8.42 Å². The summed E-state index contributed by atoms with van der Waals surface area (Å²) >= 11 is 0. The summed E-state index contributed by atoms with van der Waals surface area (Å²) in [6, 6.07) is 23.6. The largest absolute Gasteiger partial charge is 0.494 e. The van der Waals surface area contributed by atoms with Crippen molar-refractivity contribution < 1.29 is 22.7 Å². The Labute approximate surface area is 231 Å². The molecule has 1 N–H and O–H groups in total. The molecule has 0 bridgehead atoms. The second-order valence-corrected chi connectivity index (χ2v) is 10.8. The van der Waals surface area contributed by atoms with E-state index in [4.69, 9.17) is 4.74 Å². The number of sulfonamides is 1. The molecule has 0 aliphatic rings. The van der Waals surface area contributed by atoms with Crippen LogP contribution in [0.5, 0.6) is 5.75 Å². The first-order chi connectivity index (χ1) is 18.8. The van der Waals surface area contributed by atoms with Gasteiger partial charge in [0.25, 0.3) is 10.0 Å². The Morgan fingerprint density at radius 3 is 2.05 bits per heavy atom. The van der Waals surface area contributed by atoms with Crippen LogP contribution in [-0.2, 0) is 26.0 Å². The molecule has 8 nitrogen and oxygen atoms in total.